The third-order valence-corrected chi connectivity index (χ3v) is 2.35. The summed E-state index contributed by atoms with van der Waals surface area (Å²) >= 11 is 0. The van der Waals surface area contributed by atoms with Crippen LogP contribution in [0.25, 0.3) is 0 Å². The van der Waals surface area contributed by atoms with Crippen molar-refractivity contribution < 1.29 is 14.6 Å². The van der Waals surface area contributed by atoms with E-state index < -0.39 is 5.97 Å². The Hall–Kier alpha value is -1.59. The number of benzene rings is 1. The van der Waals surface area contributed by atoms with Crippen molar-refractivity contribution in [2.45, 2.75) is 19.0 Å². The number of nitrogens with two attached hydrogens (primary N) is 1. The zero-order chi connectivity index (χ0) is 12.7. The molecule has 0 amide bonds. The monoisotopic (exact) mass is 238 g/mol. The fourth-order valence-electron chi connectivity index (χ4n) is 1.54. The van der Waals surface area contributed by atoms with E-state index in [9.17, 15) is 4.79 Å². The van der Waals surface area contributed by atoms with Gasteiger partial charge in [-0.25, -0.2) is 0 Å². The molecule has 0 aliphatic carbocycles. The van der Waals surface area contributed by atoms with Crippen molar-refractivity contribution in [3.8, 4) is 5.75 Å². The van der Waals surface area contributed by atoms with Crippen LogP contribution in [0.15, 0.2) is 24.3 Å². The first kappa shape index (κ1) is 13.5. The van der Waals surface area contributed by atoms with Crippen LogP contribution in [-0.4, -0.2) is 30.8 Å². The summed E-state index contributed by atoms with van der Waals surface area (Å²) < 4.78 is 5.20. The van der Waals surface area contributed by atoms with Crippen LogP contribution >= 0.6 is 0 Å². The Labute approximate surface area is 101 Å². The van der Waals surface area contributed by atoms with E-state index >= 15 is 0 Å². The van der Waals surface area contributed by atoms with Crippen molar-refractivity contribution in [2.24, 2.45) is 5.73 Å². The smallest absolute Gasteiger partial charge is 0.304 e. The number of hydrogen-bond acceptors (Lipinski definition) is 4. The van der Waals surface area contributed by atoms with Crippen LogP contribution < -0.4 is 15.8 Å². The van der Waals surface area contributed by atoms with E-state index in [1.54, 1.807) is 7.11 Å². The molecule has 0 saturated carbocycles. The Morgan fingerprint density at radius 3 is 2.88 bits per heavy atom. The number of carbonyl (C=O) groups is 1. The van der Waals surface area contributed by atoms with E-state index in [0.717, 1.165) is 11.3 Å². The van der Waals surface area contributed by atoms with Gasteiger partial charge < -0.3 is 20.9 Å². The fourth-order valence-corrected chi connectivity index (χ4v) is 1.54. The molecule has 0 bridgehead atoms. The highest BCUT2D eigenvalue weighted by molar-refractivity contribution is 5.67. The maximum Gasteiger partial charge on any atom is 0.304 e. The lowest BCUT2D eigenvalue weighted by Crippen LogP contribution is -2.35. The number of para-hydroxylation sites is 1. The second-order valence-electron chi connectivity index (χ2n) is 3.80. The predicted molar refractivity (Wildman–Crippen MR) is 64.9 cm³/mol. The summed E-state index contributed by atoms with van der Waals surface area (Å²) in [6.07, 6.45) is -0.0288. The highest BCUT2D eigenvalue weighted by atomic mass is 16.5. The van der Waals surface area contributed by atoms with Crippen LogP contribution in [0.5, 0.6) is 5.75 Å². The molecular formula is C12H18N2O3. The van der Waals surface area contributed by atoms with Gasteiger partial charge >= 0.3 is 5.97 Å². The van der Waals surface area contributed by atoms with Crippen LogP contribution in [-0.2, 0) is 11.3 Å². The highest BCUT2D eigenvalue weighted by Gasteiger charge is 2.08. The quantitative estimate of drug-likeness (QED) is 0.647. The Balaban J connectivity index is 2.37. The summed E-state index contributed by atoms with van der Waals surface area (Å²) in [6, 6.07) is 7.29. The number of methoxy groups -OCH3 is 1. The van der Waals surface area contributed by atoms with Crippen molar-refractivity contribution in [3.63, 3.8) is 0 Å². The molecule has 0 radical (unpaired) electrons. The highest BCUT2D eigenvalue weighted by Crippen LogP contribution is 2.16. The van der Waals surface area contributed by atoms with Crippen LogP contribution in [0.1, 0.15) is 12.0 Å². The fraction of sp³-hybridized carbons (Fsp3) is 0.417. The van der Waals surface area contributed by atoms with E-state index in [-0.39, 0.29) is 12.5 Å². The van der Waals surface area contributed by atoms with E-state index in [4.69, 9.17) is 15.6 Å². The largest absolute Gasteiger partial charge is 0.496 e. The minimum atomic E-state index is -0.878. The molecule has 0 aromatic heterocycles. The molecule has 1 atom stereocenters. The van der Waals surface area contributed by atoms with E-state index in [1.165, 1.54) is 0 Å². The maximum atomic E-state index is 10.4. The number of aliphatic carboxylic acids is 1. The summed E-state index contributed by atoms with van der Waals surface area (Å²) in [5.41, 5.74) is 6.66. The third-order valence-electron chi connectivity index (χ3n) is 2.35. The molecule has 17 heavy (non-hydrogen) atoms. The number of hydrogen-bond donors (Lipinski definition) is 3. The first-order valence-corrected chi connectivity index (χ1v) is 5.43. The number of ether oxygens (including phenoxy) is 1. The van der Waals surface area contributed by atoms with Crippen LogP contribution in [0.4, 0.5) is 0 Å². The molecule has 1 unspecified atom stereocenters. The van der Waals surface area contributed by atoms with Gasteiger partial charge in [-0.15, -0.1) is 0 Å². The summed E-state index contributed by atoms with van der Waals surface area (Å²) in [6.45, 7) is 1.07. The van der Waals surface area contributed by atoms with Gasteiger partial charge in [-0.2, -0.15) is 0 Å². The van der Waals surface area contributed by atoms with Gasteiger partial charge in [0.2, 0.25) is 0 Å². The van der Waals surface area contributed by atoms with Gasteiger partial charge in [0.15, 0.2) is 0 Å². The van der Waals surface area contributed by atoms with Crippen molar-refractivity contribution in [3.05, 3.63) is 29.8 Å². The van der Waals surface area contributed by atoms with Crippen molar-refractivity contribution in [2.75, 3.05) is 13.7 Å². The Morgan fingerprint density at radius 1 is 1.53 bits per heavy atom. The second kappa shape index (κ2) is 6.88. The van der Waals surface area contributed by atoms with Crippen molar-refractivity contribution in [1.82, 2.24) is 5.32 Å². The number of carboxylic acid groups (broad SMARTS) is 1. The van der Waals surface area contributed by atoms with Gasteiger partial charge in [0.1, 0.15) is 5.75 Å². The molecule has 1 aromatic rings. The molecule has 5 nitrogen and oxygen atoms in total. The lowest BCUT2D eigenvalue weighted by atomic mass is 10.2. The Kier molecular flexibility index (Phi) is 5.45. The van der Waals surface area contributed by atoms with Gasteiger partial charge in [0, 0.05) is 24.7 Å². The molecule has 0 aliphatic heterocycles. The molecule has 5 heteroatoms. The number of nitrogens with one attached hydrogen (secondary N) is 1. The van der Waals surface area contributed by atoms with Gasteiger partial charge in [0.05, 0.1) is 13.5 Å². The van der Waals surface area contributed by atoms with Gasteiger partial charge in [0.25, 0.3) is 0 Å². The standard InChI is InChI=1S/C12H18N2O3/c1-17-11-5-3-2-4-9(11)7-14-8-10(13)6-12(15)16/h2-5,10,14H,6-8,13H2,1H3,(H,15,16). The molecule has 0 saturated heterocycles. The number of carboxylic acids is 1. The van der Waals surface area contributed by atoms with Crippen molar-refractivity contribution >= 4 is 5.97 Å². The molecule has 1 aromatic carbocycles. The van der Waals surface area contributed by atoms with Gasteiger partial charge in [-0.05, 0) is 6.07 Å². The average Bonchev–Trinajstić information content (AvgIpc) is 2.28. The molecule has 0 heterocycles. The molecule has 94 valence electrons. The van der Waals surface area contributed by atoms with Crippen LogP contribution in [0.2, 0.25) is 0 Å². The topological polar surface area (TPSA) is 84.6 Å². The normalized spacial score (nSPS) is 12.1. The van der Waals surface area contributed by atoms with Crippen LogP contribution in [0.3, 0.4) is 0 Å². The summed E-state index contributed by atoms with van der Waals surface area (Å²) in [5.74, 6) is -0.0663. The minimum absolute atomic E-state index is 0.0288. The Bertz CT molecular complexity index is 369. The zero-order valence-electron chi connectivity index (χ0n) is 9.85. The average molecular weight is 238 g/mol. The maximum absolute atomic E-state index is 10.4. The lowest BCUT2D eigenvalue weighted by Gasteiger charge is -2.12. The van der Waals surface area contributed by atoms with Gasteiger partial charge in [-0.1, -0.05) is 18.2 Å². The van der Waals surface area contributed by atoms with E-state index in [0.29, 0.717) is 13.1 Å². The summed E-state index contributed by atoms with van der Waals surface area (Å²) in [5, 5.41) is 11.7. The minimum Gasteiger partial charge on any atom is -0.496 e. The molecule has 1 rings (SSSR count). The third kappa shape index (κ3) is 4.84. The van der Waals surface area contributed by atoms with Crippen LogP contribution in [0, 0.1) is 0 Å². The van der Waals surface area contributed by atoms with Gasteiger partial charge in [-0.3, -0.25) is 4.79 Å². The molecule has 0 spiro atoms. The number of rotatable bonds is 7. The van der Waals surface area contributed by atoms with Crippen molar-refractivity contribution in [1.29, 1.82) is 0 Å². The second-order valence-corrected chi connectivity index (χ2v) is 3.80. The lowest BCUT2D eigenvalue weighted by molar-refractivity contribution is -0.137. The summed E-state index contributed by atoms with van der Waals surface area (Å²) in [4.78, 5) is 10.4. The first-order chi connectivity index (χ1) is 8.13. The summed E-state index contributed by atoms with van der Waals surface area (Å²) in [7, 11) is 1.62. The van der Waals surface area contributed by atoms with E-state index in [2.05, 4.69) is 5.32 Å². The molecule has 4 N–H and O–H groups in total. The SMILES string of the molecule is COc1ccccc1CNCC(N)CC(=O)O. The Morgan fingerprint density at radius 2 is 2.24 bits per heavy atom. The molecular weight excluding hydrogens is 220 g/mol. The zero-order valence-corrected chi connectivity index (χ0v) is 9.85. The molecule has 0 aliphatic rings. The first-order valence-electron chi connectivity index (χ1n) is 5.43. The molecule has 0 fully saturated rings. The predicted octanol–water partition coefficient (Wildman–Crippen LogP) is 0.587. The van der Waals surface area contributed by atoms with E-state index in [1.807, 2.05) is 24.3 Å².